The molecule has 0 saturated heterocycles. The molecule has 0 saturated carbocycles. The normalized spacial score (nSPS) is 12.2. The van der Waals surface area contributed by atoms with Gasteiger partial charge in [0.25, 0.3) is 5.91 Å². The van der Waals surface area contributed by atoms with Crippen LogP contribution >= 0.6 is 0 Å². The summed E-state index contributed by atoms with van der Waals surface area (Å²) in [5.74, 6) is 0.128. The molecule has 2 aromatic heterocycles. The maximum absolute atomic E-state index is 12.7. The molecule has 2 heterocycles. The Kier molecular flexibility index (Phi) is 4.03. The van der Waals surface area contributed by atoms with Crippen molar-refractivity contribution in [1.29, 1.82) is 0 Å². The van der Waals surface area contributed by atoms with Crippen molar-refractivity contribution in [2.75, 3.05) is 6.54 Å². The van der Waals surface area contributed by atoms with Crippen molar-refractivity contribution < 1.29 is 14.1 Å². The van der Waals surface area contributed by atoms with E-state index in [1.54, 1.807) is 6.92 Å². The average molecular weight is 328 g/mol. The third kappa shape index (κ3) is 2.62. The molecule has 0 fully saturated rings. The summed E-state index contributed by atoms with van der Waals surface area (Å²) >= 11 is 0. The Bertz CT molecular complexity index is 865. The Hall–Kier alpha value is -3.16. The summed E-state index contributed by atoms with van der Waals surface area (Å²) in [6.07, 6.45) is 1.03. The van der Waals surface area contributed by atoms with Crippen molar-refractivity contribution in [2.45, 2.75) is 19.9 Å². The zero-order valence-corrected chi connectivity index (χ0v) is 13.2. The number of nitrogens with zero attached hydrogens (tertiary/aromatic N) is 3. The summed E-state index contributed by atoms with van der Waals surface area (Å²) in [4.78, 5) is 24.6. The van der Waals surface area contributed by atoms with Crippen LogP contribution in [0.25, 0.3) is 11.0 Å². The standard InChI is InChI=1S/C16H16N4O4/c1-3-19(16(21)15-12(20(22)23)9-17-18-15)10(2)14-8-11-6-4-5-7-13(11)24-14/h4-10H,3H2,1-2H3,(H,17,18). The lowest BCUT2D eigenvalue weighted by atomic mass is 10.1. The number of amides is 1. The fraction of sp³-hybridized carbons (Fsp3) is 0.250. The maximum Gasteiger partial charge on any atom is 0.319 e. The lowest BCUT2D eigenvalue weighted by Crippen LogP contribution is -2.33. The highest BCUT2D eigenvalue weighted by atomic mass is 16.6. The van der Waals surface area contributed by atoms with Crippen LogP contribution in [0.15, 0.2) is 40.9 Å². The summed E-state index contributed by atoms with van der Waals surface area (Å²) in [7, 11) is 0. The lowest BCUT2D eigenvalue weighted by Gasteiger charge is -2.25. The molecule has 8 nitrogen and oxygen atoms in total. The van der Waals surface area contributed by atoms with Crippen molar-refractivity contribution in [1.82, 2.24) is 15.1 Å². The van der Waals surface area contributed by atoms with E-state index >= 15 is 0 Å². The third-order valence-corrected chi connectivity index (χ3v) is 3.96. The molecule has 1 atom stereocenters. The molecule has 3 rings (SSSR count). The maximum atomic E-state index is 12.7. The van der Waals surface area contributed by atoms with Gasteiger partial charge in [-0.25, -0.2) is 0 Å². The van der Waals surface area contributed by atoms with Crippen molar-refractivity contribution in [2.24, 2.45) is 0 Å². The summed E-state index contributed by atoms with van der Waals surface area (Å²) in [5.41, 5.74) is 0.260. The second kappa shape index (κ2) is 6.15. The predicted octanol–water partition coefficient (Wildman–Crippen LogP) is 3.29. The summed E-state index contributed by atoms with van der Waals surface area (Å²) in [6, 6.07) is 9.05. The van der Waals surface area contributed by atoms with Gasteiger partial charge in [0.2, 0.25) is 5.69 Å². The van der Waals surface area contributed by atoms with Gasteiger partial charge in [-0.3, -0.25) is 20.0 Å². The van der Waals surface area contributed by atoms with E-state index in [1.165, 1.54) is 4.90 Å². The molecule has 1 aromatic carbocycles. The van der Waals surface area contributed by atoms with E-state index in [-0.39, 0.29) is 17.4 Å². The van der Waals surface area contributed by atoms with Gasteiger partial charge in [-0.15, -0.1) is 0 Å². The van der Waals surface area contributed by atoms with Crippen LogP contribution in [0.1, 0.15) is 36.1 Å². The Morgan fingerprint density at radius 3 is 2.88 bits per heavy atom. The molecule has 0 bridgehead atoms. The van der Waals surface area contributed by atoms with Crippen LogP contribution < -0.4 is 0 Å². The molecule has 0 aliphatic carbocycles. The number of fused-ring (bicyclic) bond motifs is 1. The molecule has 0 spiro atoms. The number of furan rings is 1. The molecule has 8 heteroatoms. The van der Waals surface area contributed by atoms with Crippen LogP contribution in [0.3, 0.4) is 0 Å². The Balaban J connectivity index is 1.93. The van der Waals surface area contributed by atoms with Crippen LogP contribution in [0.5, 0.6) is 0 Å². The number of benzene rings is 1. The minimum atomic E-state index is -0.629. The molecular weight excluding hydrogens is 312 g/mol. The number of nitrogens with one attached hydrogen (secondary N) is 1. The molecule has 24 heavy (non-hydrogen) atoms. The van der Waals surface area contributed by atoms with Crippen molar-refractivity contribution in [3.05, 3.63) is 58.1 Å². The van der Waals surface area contributed by atoms with Crippen LogP contribution in [0, 0.1) is 10.1 Å². The molecule has 1 amide bonds. The van der Waals surface area contributed by atoms with Crippen LogP contribution in [0.2, 0.25) is 0 Å². The largest absolute Gasteiger partial charge is 0.459 e. The smallest absolute Gasteiger partial charge is 0.319 e. The monoisotopic (exact) mass is 328 g/mol. The second-order valence-corrected chi connectivity index (χ2v) is 5.34. The van der Waals surface area contributed by atoms with Gasteiger partial charge in [0.1, 0.15) is 17.5 Å². The van der Waals surface area contributed by atoms with Gasteiger partial charge in [0.05, 0.1) is 11.0 Å². The number of nitro groups is 1. The number of H-pyrrole nitrogens is 1. The Morgan fingerprint density at radius 2 is 2.21 bits per heavy atom. The fourth-order valence-electron chi connectivity index (χ4n) is 2.67. The first-order valence-electron chi connectivity index (χ1n) is 7.50. The van der Waals surface area contributed by atoms with Crippen molar-refractivity contribution >= 4 is 22.6 Å². The average Bonchev–Trinajstić information content (AvgIpc) is 3.21. The number of hydrogen-bond acceptors (Lipinski definition) is 5. The van der Waals surface area contributed by atoms with E-state index in [9.17, 15) is 14.9 Å². The van der Waals surface area contributed by atoms with Gasteiger partial charge in [-0.2, -0.15) is 5.10 Å². The zero-order chi connectivity index (χ0) is 17.3. The first-order chi connectivity index (χ1) is 11.5. The molecule has 0 radical (unpaired) electrons. The molecule has 124 valence electrons. The number of carbonyl (C=O) groups excluding carboxylic acids is 1. The first kappa shape index (κ1) is 15.7. The highest BCUT2D eigenvalue weighted by Crippen LogP contribution is 2.29. The quantitative estimate of drug-likeness (QED) is 0.571. The second-order valence-electron chi connectivity index (χ2n) is 5.34. The van der Waals surface area contributed by atoms with Gasteiger partial charge in [0, 0.05) is 11.9 Å². The Morgan fingerprint density at radius 1 is 1.46 bits per heavy atom. The van der Waals surface area contributed by atoms with Crippen molar-refractivity contribution in [3.8, 4) is 0 Å². The summed E-state index contributed by atoms with van der Waals surface area (Å²) in [5, 5.41) is 18.0. The summed E-state index contributed by atoms with van der Waals surface area (Å²) < 4.78 is 5.80. The Labute approximate surface area is 137 Å². The fourth-order valence-corrected chi connectivity index (χ4v) is 2.67. The molecular formula is C16H16N4O4. The zero-order valence-electron chi connectivity index (χ0n) is 13.2. The number of carbonyl (C=O) groups is 1. The number of hydrogen-bond donors (Lipinski definition) is 1. The number of aromatic amines is 1. The minimum absolute atomic E-state index is 0.134. The molecule has 1 unspecified atom stereocenters. The minimum Gasteiger partial charge on any atom is -0.459 e. The predicted molar refractivity (Wildman–Crippen MR) is 86.6 cm³/mol. The van der Waals surface area contributed by atoms with E-state index in [4.69, 9.17) is 4.42 Å². The topological polar surface area (TPSA) is 105 Å². The molecule has 1 N–H and O–H groups in total. The van der Waals surface area contributed by atoms with E-state index < -0.39 is 10.8 Å². The van der Waals surface area contributed by atoms with Crippen molar-refractivity contribution in [3.63, 3.8) is 0 Å². The lowest BCUT2D eigenvalue weighted by molar-refractivity contribution is -0.385. The van der Waals surface area contributed by atoms with Gasteiger partial charge in [-0.1, -0.05) is 18.2 Å². The van der Waals surface area contributed by atoms with E-state index in [1.807, 2.05) is 37.3 Å². The highest BCUT2D eigenvalue weighted by Gasteiger charge is 2.30. The number of aromatic nitrogens is 2. The van der Waals surface area contributed by atoms with Gasteiger partial charge in [0.15, 0.2) is 0 Å². The highest BCUT2D eigenvalue weighted by molar-refractivity contribution is 5.96. The van der Waals surface area contributed by atoms with Crippen LogP contribution in [0.4, 0.5) is 5.69 Å². The third-order valence-electron chi connectivity index (χ3n) is 3.96. The van der Waals surface area contributed by atoms with Gasteiger partial charge < -0.3 is 9.32 Å². The van der Waals surface area contributed by atoms with Gasteiger partial charge >= 0.3 is 5.69 Å². The SMILES string of the molecule is CCN(C(=O)c1[nH]ncc1[N+](=O)[O-])C(C)c1cc2ccccc2o1. The van der Waals surface area contributed by atoms with Gasteiger partial charge in [-0.05, 0) is 26.0 Å². The molecule has 0 aliphatic rings. The number of para-hydroxylation sites is 1. The van der Waals surface area contributed by atoms with E-state index in [2.05, 4.69) is 10.2 Å². The molecule has 0 aliphatic heterocycles. The van der Waals surface area contributed by atoms with Crippen LogP contribution in [-0.4, -0.2) is 32.5 Å². The van der Waals surface area contributed by atoms with Crippen LogP contribution in [-0.2, 0) is 0 Å². The summed E-state index contributed by atoms with van der Waals surface area (Å²) in [6.45, 7) is 3.99. The van der Waals surface area contributed by atoms with E-state index in [0.29, 0.717) is 12.3 Å². The van der Waals surface area contributed by atoms with E-state index in [0.717, 1.165) is 17.2 Å². The number of rotatable bonds is 5. The molecule has 3 aromatic rings. The first-order valence-corrected chi connectivity index (χ1v) is 7.50.